The Kier molecular flexibility index (Phi) is 6.40. The molecule has 0 saturated carbocycles. The summed E-state index contributed by atoms with van der Waals surface area (Å²) in [6, 6.07) is 7.95. The van der Waals surface area contributed by atoms with Crippen LogP contribution in [0.5, 0.6) is 5.75 Å². The van der Waals surface area contributed by atoms with E-state index >= 15 is 0 Å². The van der Waals surface area contributed by atoms with Crippen molar-refractivity contribution < 1.29 is 19.0 Å². The van der Waals surface area contributed by atoms with Crippen LogP contribution in [-0.4, -0.2) is 55.3 Å². The average molecular weight is 351 g/mol. The molecule has 0 bridgehead atoms. The molecule has 0 N–H and O–H groups in total. The molecular weight excluding hydrogens is 326 g/mol. The molecule has 0 spiro atoms. The summed E-state index contributed by atoms with van der Waals surface area (Å²) < 4.78 is 16.7. The first-order chi connectivity index (χ1) is 11.8. The highest BCUT2D eigenvalue weighted by atomic mass is 32.2. The summed E-state index contributed by atoms with van der Waals surface area (Å²) in [5.41, 5.74) is 0. The molecule has 2 saturated heterocycles. The quantitative estimate of drug-likeness (QED) is 0.738. The fourth-order valence-corrected chi connectivity index (χ4v) is 3.96. The molecular formula is C18H25NO4S. The Labute approximate surface area is 147 Å². The van der Waals surface area contributed by atoms with Crippen molar-refractivity contribution in [2.24, 2.45) is 0 Å². The van der Waals surface area contributed by atoms with Crippen LogP contribution in [0.2, 0.25) is 0 Å². The molecule has 132 valence electrons. The summed E-state index contributed by atoms with van der Waals surface area (Å²) in [5, 5.41) is 0. The number of benzene rings is 1. The van der Waals surface area contributed by atoms with Crippen molar-refractivity contribution in [2.75, 3.05) is 32.1 Å². The van der Waals surface area contributed by atoms with Gasteiger partial charge in [0.2, 0.25) is 5.91 Å². The normalized spacial score (nSPS) is 21.9. The monoisotopic (exact) mass is 351 g/mol. The van der Waals surface area contributed by atoms with Crippen LogP contribution in [0.15, 0.2) is 29.2 Å². The summed E-state index contributed by atoms with van der Waals surface area (Å²) in [4.78, 5) is 15.7. The second kappa shape index (κ2) is 8.74. The predicted octanol–water partition coefficient (Wildman–Crippen LogP) is 2.93. The van der Waals surface area contributed by atoms with Gasteiger partial charge < -0.3 is 19.1 Å². The first kappa shape index (κ1) is 17.6. The SMILES string of the molecule is CCOc1ccc(SCC(=O)N2CCCCC2C2OCCO2)cc1. The molecule has 5 nitrogen and oxygen atoms in total. The van der Waals surface area contributed by atoms with Gasteiger partial charge in [-0.15, -0.1) is 11.8 Å². The van der Waals surface area contributed by atoms with Crippen LogP contribution in [0.1, 0.15) is 26.2 Å². The lowest BCUT2D eigenvalue weighted by atomic mass is 10.0. The minimum absolute atomic E-state index is 0.0645. The van der Waals surface area contributed by atoms with E-state index in [1.165, 1.54) is 0 Å². The van der Waals surface area contributed by atoms with Crippen LogP contribution in [0.25, 0.3) is 0 Å². The van der Waals surface area contributed by atoms with E-state index in [1.54, 1.807) is 11.8 Å². The van der Waals surface area contributed by atoms with E-state index in [2.05, 4.69) is 0 Å². The second-order valence-electron chi connectivity index (χ2n) is 5.95. The highest BCUT2D eigenvalue weighted by molar-refractivity contribution is 8.00. The zero-order valence-corrected chi connectivity index (χ0v) is 14.9. The van der Waals surface area contributed by atoms with Crippen LogP contribution in [0, 0.1) is 0 Å². The number of thioether (sulfide) groups is 1. The molecule has 6 heteroatoms. The molecule has 1 unspecified atom stereocenters. The Hall–Kier alpha value is -1.24. The zero-order chi connectivity index (χ0) is 16.8. The largest absolute Gasteiger partial charge is 0.494 e. The van der Waals surface area contributed by atoms with Gasteiger partial charge in [0.25, 0.3) is 0 Å². The second-order valence-corrected chi connectivity index (χ2v) is 7.00. The highest BCUT2D eigenvalue weighted by Gasteiger charge is 2.35. The van der Waals surface area contributed by atoms with E-state index in [0.29, 0.717) is 25.6 Å². The van der Waals surface area contributed by atoms with Gasteiger partial charge in [-0.25, -0.2) is 0 Å². The Morgan fingerprint density at radius 2 is 2.00 bits per heavy atom. The fraction of sp³-hybridized carbons (Fsp3) is 0.611. The van der Waals surface area contributed by atoms with Gasteiger partial charge >= 0.3 is 0 Å². The van der Waals surface area contributed by atoms with Gasteiger partial charge in [-0.1, -0.05) is 0 Å². The number of likely N-dealkylation sites (tertiary alicyclic amines) is 1. The number of ether oxygens (including phenoxy) is 3. The molecule has 2 aliphatic heterocycles. The number of piperidine rings is 1. The van der Waals surface area contributed by atoms with Crippen molar-refractivity contribution in [2.45, 2.75) is 43.4 Å². The molecule has 1 atom stereocenters. The maximum absolute atomic E-state index is 12.7. The van der Waals surface area contributed by atoms with Crippen molar-refractivity contribution in [1.82, 2.24) is 4.90 Å². The van der Waals surface area contributed by atoms with E-state index in [-0.39, 0.29) is 18.2 Å². The van der Waals surface area contributed by atoms with Crippen molar-refractivity contribution in [3.63, 3.8) is 0 Å². The van der Waals surface area contributed by atoms with Crippen LogP contribution in [-0.2, 0) is 14.3 Å². The van der Waals surface area contributed by atoms with E-state index < -0.39 is 0 Å². The third-order valence-electron chi connectivity index (χ3n) is 4.33. The Morgan fingerprint density at radius 3 is 2.71 bits per heavy atom. The predicted molar refractivity (Wildman–Crippen MR) is 93.4 cm³/mol. The maximum atomic E-state index is 12.7. The molecule has 0 aromatic heterocycles. The van der Waals surface area contributed by atoms with Crippen molar-refractivity contribution in [3.8, 4) is 5.75 Å². The van der Waals surface area contributed by atoms with Crippen LogP contribution in [0.3, 0.4) is 0 Å². The molecule has 2 aliphatic rings. The van der Waals surface area contributed by atoms with Gasteiger partial charge in [0, 0.05) is 11.4 Å². The third-order valence-corrected chi connectivity index (χ3v) is 5.33. The van der Waals surface area contributed by atoms with Crippen molar-refractivity contribution in [1.29, 1.82) is 0 Å². The first-order valence-corrected chi connectivity index (χ1v) is 9.65. The molecule has 3 rings (SSSR count). The Balaban J connectivity index is 1.54. The van der Waals surface area contributed by atoms with Gasteiger partial charge in [-0.05, 0) is 50.5 Å². The third kappa shape index (κ3) is 4.43. The number of amides is 1. The number of carbonyl (C=O) groups excluding carboxylic acids is 1. The van der Waals surface area contributed by atoms with Gasteiger partial charge in [0.05, 0.1) is 31.6 Å². The van der Waals surface area contributed by atoms with Crippen LogP contribution < -0.4 is 4.74 Å². The van der Waals surface area contributed by atoms with Gasteiger partial charge in [-0.2, -0.15) is 0 Å². The minimum atomic E-state index is -0.246. The van der Waals surface area contributed by atoms with E-state index in [0.717, 1.165) is 36.5 Å². The summed E-state index contributed by atoms with van der Waals surface area (Å²) in [6.45, 7) is 4.69. The molecule has 1 aromatic carbocycles. The topological polar surface area (TPSA) is 48.0 Å². The van der Waals surface area contributed by atoms with Gasteiger partial charge in [0.1, 0.15) is 5.75 Å². The molecule has 1 amide bonds. The molecule has 0 radical (unpaired) electrons. The maximum Gasteiger partial charge on any atom is 0.233 e. The van der Waals surface area contributed by atoms with Crippen molar-refractivity contribution in [3.05, 3.63) is 24.3 Å². The number of carbonyl (C=O) groups is 1. The Morgan fingerprint density at radius 1 is 1.25 bits per heavy atom. The molecule has 0 aliphatic carbocycles. The summed E-state index contributed by atoms with van der Waals surface area (Å²) in [5.74, 6) is 1.47. The molecule has 1 aromatic rings. The molecule has 24 heavy (non-hydrogen) atoms. The Bertz CT molecular complexity index is 530. The lowest BCUT2D eigenvalue weighted by molar-refractivity contribution is -0.148. The number of rotatable bonds is 6. The lowest BCUT2D eigenvalue weighted by Gasteiger charge is -2.38. The smallest absolute Gasteiger partial charge is 0.233 e. The van der Waals surface area contributed by atoms with Gasteiger partial charge in [0.15, 0.2) is 6.29 Å². The zero-order valence-electron chi connectivity index (χ0n) is 14.1. The van der Waals surface area contributed by atoms with Crippen molar-refractivity contribution >= 4 is 17.7 Å². The summed E-state index contributed by atoms with van der Waals surface area (Å²) >= 11 is 1.57. The van der Waals surface area contributed by atoms with Crippen LogP contribution in [0.4, 0.5) is 0 Å². The van der Waals surface area contributed by atoms with E-state index in [1.807, 2.05) is 36.1 Å². The number of hydrogen-bond acceptors (Lipinski definition) is 5. The minimum Gasteiger partial charge on any atom is -0.494 e. The average Bonchev–Trinajstić information content (AvgIpc) is 3.16. The number of nitrogens with zero attached hydrogens (tertiary/aromatic N) is 1. The van der Waals surface area contributed by atoms with E-state index in [9.17, 15) is 4.79 Å². The summed E-state index contributed by atoms with van der Waals surface area (Å²) in [7, 11) is 0. The lowest BCUT2D eigenvalue weighted by Crippen LogP contribution is -2.50. The van der Waals surface area contributed by atoms with Crippen LogP contribution >= 0.6 is 11.8 Å². The van der Waals surface area contributed by atoms with Gasteiger partial charge in [-0.3, -0.25) is 4.79 Å². The fourth-order valence-electron chi connectivity index (χ4n) is 3.18. The number of hydrogen-bond donors (Lipinski definition) is 0. The standard InChI is InChI=1S/C18H25NO4S/c1-2-21-14-6-8-15(9-7-14)24-13-17(20)19-10-4-3-5-16(19)18-22-11-12-23-18/h6-9,16,18H,2-5,10-13H2,1H3. The molecule has 2 heterocycles. The highest BCUT2D eigenvalue weighted by Crippen LogP contribution is 2.27. The van der Waals surface area contributed by atoms with E-state index in [4.69, 9.17) is 14.2 Å². The first-order valence-electron chi connectivity index (χ1n) is 8.66. The molecule has 2 fully saturated rings. The summed E-state index contributed by atoms with van der Waals surface area (Å²) in [6.07, 6.45) is 2.90.